The Hall–Kier alpha value is -0.770. The summed E-state index contributed by atoms with van der Waals surface area (Å²) in [5.74, 6) is 0. The average molecular weight is 267 g/mol. The zero-order valence-electron chi connectivity index (χ0n) is 10.4. The summed E-state index contributed by atoms with van der Waals surface area (Å²) in [7, 11) is 0. The Morgan fingerprint density at radius 1 is 1.28 bits per heavy atom. The van der Waals surface area contributed by atoms with E-state index in [0.717, 1.165) is 30.2 Å². The van der Waals surface area contributed by atoms with Gasteiger partial charge in [-0.05, 0) is 43.5 Å². The molecule has 2 N–H and O–H groups in total. The third-order valence-electron chi connectivity index (χ3n) is 3.83. The molecule has 2 fully saturated rings. The van der Waals surface area contributed by atoms with Gasteiger partial charge in [-0.2, -0.15) is 0 Å². The van der Waals surface area contributed by atoms with Gasteiger partial charge in [0.1, 0.15) is 0 Å². The van der Waals surface area contributed by atoms with Gasteiger partial charge in [-0.25, -0.2) is 0 Å². The summed E-state index contributed by atoms with van der Waals surface area (Å²) < 4.78 is 5.85. The summed E-state index contributed by atoms with van der Waals surface area (Å²) in [6.45, 7) is 2.59. The number of anilines is 1. The van der Waals surface area contributed by atoms with Crippen LogP contribution in [0.2, 0.25) is 5.02 Å². The summed E-state index contributed by atoms with van der Waals surface area (Å²) in [4.78, 5) is 2.36. The van der Waals surface area contributed by atoms with Crippen LogP contribution in [0.4, 0.5) is 5.69 Å². The highest BCUT2D eigenvalue weighted by atomic mass is 35.5. The Labute approximate surface area is 113 Å². The summed E-state index contributed by atoms with van der Waals surface area (Å²) in [6.07, 6.45) is 4.04. The maximum Gasteiger partial charge on any atom is 0.0755 e. The molecule has 4 heteroatoms. The van der Waals surface area contributed by atoms with Crippen LogP contribution in [-0.2, 0) is 11.2 Å². The first-order valence-corrected chi connectivity index (χ1v) is 7.03. The molecule has 1 aromatic rings. The number of nitrogens with zero attached hydrogens (tertiary/aromatic N) is 1. The van der Waals surface area contributed by atoms with Crippen molar-refractivity contribution in [1.82, 2.24) is 0 Å². The molecule has 2 heterocycles. The molecule has 2 aliphatic heterocycles. The standard InChI is InChI=1S/C14H19ClN2O/c15-13-7-10(5-6-16)1-4-14(13)17-8-11-2-3-12(9-17)18-11/h1,4,7,11-12H,2-3,5-6,8-9,16H2. The molecule has 0 aliphatic carbocycles. The topological polar surface area (TPSA) is 38.5 Å². The molecule has 3 nitrogen and oxygen atoms in total. The molecular formula is C14H19ClN2O. The van der Waals surface area contributed by atoms with E-state index in [2.05, 4.69) is 17.0 Å². The lowest BCUT2D eigenvalue weighted by atomic mass is 10.1. The highest BCUT2D eigenvalue weighted by molar-refractivity contribution is 6.33. The highest BCUT2D eigenvalue weighted by Crippen LogP contribution is 2.33. The van der Waals surface area contributed by atoms with E-state index in [1.54, 1.807) is 0 Å². The minimum Gasteiger partial charge on any atom is -0.371 e. The molecule has 0 spiro atoms. The first-order valence-electron chi connectivity index (χ1n) is 6.65. The lowest BCUT2D eigenvalue weighted by Gasteiger charge is -2.34. The second-order valence-corrected chi connectivity index (χ2v) is 5.59. The van der Waals surface area contributed by atoms with Crippen molar-refractivity contribution in [2.75, 3.05) is 24.5 Å². The minimum atomic E-state index is 0.392. The number of halogens is 1. The highest BCUT2D eigenvalue weighted by Gasteiger charge is 2.34. The zero-order valence-corrected chi connectivity index (χ0v) is 11.2. The van der Waals surface area contributed by atoms with Crippen molar-refractivity contribution in [3.8, 4) is 0 Å². The molecule has 2 bridgehead atoms. The van der Waals surface area contributed by atoms with E-state index >= 15 is 0 Å². The van der Waals surface area contributed by atoms with Crippen molar-refractivity contribution in [2.24, 2.45) is 5.73 Å². The van der Waals surface area contributed by atoms with Crippen LogP contribution in [0.15, 0.2) is 18.2 Å². The van der Waals surface area contributed by atoms with Gasteiger partial charge < -0.3 is 15.4 Å². The monoisotopic (exact) mass is 266 g/mol. The van der Waals surface area contributed by atoms with Crippen LogP contribution in [0.3, 0.4) is 0 Å². The van der Waals surface area contributed by atoms with Crippen LogP contribution in [0, 0.1) is 0 Å². The number of morpholine rings is 1. The molecule has 0 amide bonds. The Morgan fingerprint density at radius 3 is 2.61 bits per heavy atom. The number of hydrogen-bond donors (Lipinski definition) is 1. The van der Waals surface area contributed by atoms with Crippen LogP contribution in [0.5, 0.6) is 0 Å². The quantitative estimate of drug-likeness (QED) is 0.912. The predicted molar refractivity (Wildman–Crippen MR) is 74.3 cm³/mol. The molecule has 0 saturated carbocycles. The van der Waals surface area contributed by atoms with Crippen molar-refractivity contribution in [2.45, 2.75) is 31.5 Å². The zero-order chi connectivity index (χ0) is 12.5. The van der Waals surface area contributed by atoms with E-state index in [-0.39, 0.29) is 0 Å². The summed E-state index contributed by atoms with van der Waals surface area (Å²) >= 11 is 6.39. The van der Waals surface area contributed by atoms with Crippen molar-refractivity contribution < 1.29 is 4.74 Å². The maximum atomic E-state index is 6.39. The molecule has 1 aromatic carbocycles. The van der Waals surface area contributed by atoms with Crippen molar-refractivity contribution in [1.29, 1.82) is 0 Å². The Kier molecular flexibility index (Phi) is 3.46. The number of ether oxygens (including phenoxy) is 1. The molecule has 0 radical (unpaired) electrons. The van der Waals surface area contributed by atoms with Gasteiger partial charge in [0.25, 0.3) is 0 Å². The number of hydrogen-bond acceptors (Lipinski definition) is 3. The molecule has 0 aromatic heterocycles. The van der Waals surface area contributed by atoms with Crippen molar-refractivity contribution in [3.63, 3.8) is 0 Å². The summed E-state index contributed by atoms with van der Waals surface area (Å²) in [5, 5.41) is 0.835. The molecule has 2 atom stereocenters. The second kappa shape index (κ2) is 5.08. The van der Waals surface area contributed by atoms with Crippen LogP contribution < -0.4 is 10.6 Å². The van der Waals surface area contributed by atoms with Gasteiger partial charge in [0.15, 0.2) is 0 Å². The molecule has 98 valence electrons. The van der Waals surface area contributed by atoms with Gasteiger partial charge in [-0.3, -0.25) is 0 Å². The smallest absolute Gasteiger partial charge is 0.0755 e. The summed E-state index contributed by atoms with van der Waals surface area (Å²) in [5.41, 5.74) is 7.91. The fraction of sp³-hybridized carbons (Fsp3) is 0.571. The van der Waals surface area contributed by atoms with Crippen LogP contribution in [0.25, 0.3) is 0 Å². The number of nitrogens with two attached hydrogens (primary N) is 1. The van der Waals surface area contributed by atoms with Gasteiger partial charge in [-0.1, -0.05) is 17.7 Å². The maximum absolute atomic E-state index is 6.39. The van der Waals surface area contributed by atoms with E-state index in [4.69, 9.17) is 22.1 Å². The Morgan fingerprint density at radius 2 is 2.00 bits per heavy atom. The summed E-state index contributed by atoms with van der Waals surface area (Å²) in [6, 6.07) is 6.30. The van der Waals surface area contributed by atoms with Gasteiger partial charge in [-0.15, -0.1) is 0 Å². The van der Waals surface area contributed by atoms with Crippen LogP contribution in [-0.4, -0.2) is 31.8 Å². The normalized spacial score (nSPS) is 26.7. The van der Waals surface area contributed by atoms with E-state index in [1.807, 2.05) is 6.07 Å². The van der Waals surface area contributed by atoms with Gasteiger partial charge in [0.2, 0.25) is 0 Å². The van der Waals surface area contributed by atoms with E-state index < -0.39 is 0 Å². The Balaban J connectivity index is 1.79. The molecule has 2 saturated heterocycles. The van der Waals surface area contributed by atoms with Gasteiger partial charge in [0, 0.05) is 13.1 Å². The number of fused-ring (bicyclic) bond motifs is 2. The lowest BCUT2D eigenvalue weighted by Crippen LogP contribution is -2.42. The third-order valence-corrected chi connectivity index (χ3v) is 4.13. The van der Waals surface area contributed by atoms with E-state index in [9.17, 15) is 0 Å². The average Bonchev–Trinajstić information content (AvgIpc) is 2.69. The Bertz CT molecular complexity index is 426. The molecule has 18 heavy (non-hydrogen) atoms. The van der Waals surface area contributed by atoms with E-state index in [0.29, 0.717) is 18.8 Å². The fourth-order valence-corrected chi connectivity index (χ4v) is 3.26. The third kappa shape index (κ3) is 2.35. The first kappa shape index (κ1) is 12.3. The largest absolute Gasteiger partial charge is 0.371 e. The molecule has 2 aliphatic rings. The SMILES string of the molecule is NCCc1ccc(N2CC3CCC(C2)O3)c(Cl)c1. The van der Waals surface area contributed by atoms with Gasteiger partial charge >= 0.3 is 0 Å². The number of benzene rings is 1. The number of rotatable bonds is 3. The molecular weight excluding hydrogens is 248 g/mol. The fourth-order valence-electron chi connectivity index (χ4n) is 2.94. The van der Waals surface area contributed by atoms with Crippen LogP contribution in [0.1, 0.15) is 18.4 Å². The molecule has 3 rings (SSSR count). The minimum absolute atomic E-state index is 0.392. The predicted octanol–water partition coefficient (Wildman–Crippen LogP) is 2.21. The van der Waals surface area contributed by atoms with Crippen LogP contribution >= 0.6 is 11.6 Å². The van der Waals surface area contributed by atoms with Crippen molar-refractivity contribution in [3.05, 3.63) is 28.8 Å². The van der Waals surface area contributed by atoms with Crippen molar-refractivity contribution >= 4 is 17.3 Å². The second-order valence-electron chi connectivity index (χ2n) is 5.19. The van der Waals surface area contributed by atoms with Gasteiger partial charge in [0.05, 0.1) is 22.9 Å². The molecule has 2 unspecified atom stereocenters. The van der Waals surface area contributed by atoms with E-state index in [1.165, 1.54) is 18.4 Å². The lowest BCUT2D eigenvalue weighted by molar-refractivity contribution is 0.0305. The first-order chi connectivity index (χ1) is 8.76.